The van der Waals surface area contributed by atoms with Gasteiger partial charge in [0.15, 0.2) is 0 Å². The quantitative estimate of drug-likeness (QED) is 0.607. The fourth-order valence-corrected chi connectivity index (χ4v) is 1.07. The summed E-state index contributed by atoms with van der Waals surface area (Å²) in [7, 11) is 1.31. The molecule has 0 spiro atoms. The van der Waals surface area contributed by atoms with Crippen molar-refractivity contribution in [1.29, 1.82) is 0 Å². The van der Waals surface area contributed by atoms with Crippen molar-refractivity contribution in [1.82, 2.24) is 5.32 Å². The Labute approximate surface area is 65.5 Å². The molecule has 4 heteroatoms. The van der Waals surface area contributed by atoms with Crippen molar-refractivity contribution in [2.75, 3.05) is 13.7 Å². The Bertz CT molecular complexity index is 154. The first kappa shape index (κ1) is 8.33. The van der Waals surface area contributed by atoms with Crippen molar-refractivity contribution in [2.45, 2.75) is 24.9 Å². The summed E-state index contributed by atoms with van der Waals surface area (Å²) >= 11 is 0. The normalized spacial score (nSPS) is 20.2. The highest BCUT2D eigenvalue weighted by Crippen LogP contribution is 2.30. The maximum atomic E-state index is 10.6. The Morgan fingerprint density at radius 1 is 1.73 bits per heavy atom. The molecule has 0 saturated heterocycles. The largest absolute Gasteiger partial charge is 0.453 e. The molecule has 1 amide bonds. The molecule has 1 aliphatic carbocycles. The highest BCUT2D eigenvalue weighted by Gasteiger charge is 2.34. The van der Waals surface area contributed by atoms with Crippen LogP contribution < -0.4 is 5.32 Å². The third-order valence-corrected chi connectivity index (χ3v) is 2.03. The average Bonchev–Trinajstić information content (AvgIpc) is 1.96. The molecule has 0 aliphatic heterocycles. The van der Waals surface area contributed by atoms with E-state index in [4.69, 9.17) is 0 Å². The number of ether oxygens (including phenoxy) is 1. The van der Waals surface area contributed by atoms with Crippen molar-refractivity contribution in [2.24, 2.45) is 0 Å². The predicted molar refractivity (Wildman–Crippen MR) is 39.2 cm³/mol. The summed E-state index contributed by atoms with van der Waals surface area (Å²) in [5, 5.41) is 11.9. The number of hydrogen-bond acceptors (Lipinski definition) is 3. The van der Waals surface area contributed by atoms with Crippen LogP contribution in [-0.2, 0) is 4.74 Å². The van der Waals surface area contributed by atoms with Gasteiger partial charge in [-0.25, -0.2) is 4.79 Å². The number of nitrogens with one attached hydrogen (secondary N) is 1. The number of hydrogen-bond donors (Lipinski definition) is 2. The number of methoxy groups -OCH3 is 1. The topological polar surface area (TPSA) is 58.6 Å². The summed E-state index contributed by atoms with van der Waals surface area (Å²) in [6.07, 6.45) is 2.11. The molecule has 11 heavy (non-hydrogen) atoms. The van der Waals surface area contributed by atoms with Crippen LogP contribution in [0.3, 0.4) is 0 Å². The van der Waals surface area contributed by atoms with Crippen LogP contribution in [0, 0.1) is 0 Å². The number of aliphatic hydroxyl groups is 1. The number of alkyl carbamates (subject to hydrolysis) is 1. The lowest BCUT2D eigenvalue weighted by molar-refractivity contribution is -0.0305. The van der Waals surface area contributed by atoms with Crippen LogP contribution in [0.1, 0.15) is 19.3 Å². The second-order valence-corrected chi connectivity index (χ2v) is 2.92. The van der Waals surface area contributed by atoms with E-state index < -0.39 is 11.7 Å². The van der Waals surface area contributed by atoms with Gasteiger partial charge in [-0.15, -0.1) is 0 Å². The SMILES string of the molecule is COC(=O)NCC1(O)CCC1. The first-order valence-electron chi connectivity index (χ1n) is 3.70. The molecule has 0 aromatic rings. The van der Waals surface area contributed by atoms with E-state index in [0.717, 1.165) is 19.3 Å². The van der Waals surface area contributed by atoms with E-state index in [-0.39, 0.29) is 0 Å². The van der Waals surface area contributed by atoms with Crippen LogP contribution in [0.4, 0.5) is 4.79 Å². The molecule has 4 nitrogen and oxygen atoms in total. The first-order valence-corrected chi connectivity index (χ1v) is 3.70. The maximum absolute atomic E-state index is 10.6. The van der Waals surface area contributed by atoms with Crippen molar-refractivity contribution in [3.63, 3.8) is 0 Å². The summed E-state index contributed by atoms with van der Waals surface area (Å²) in [4.78, 5) is 10.6. The molecule has 1 fully saturated rings. The Hall–Kier alpha value is -0.770. The lowest BCUT2D eigenvalue weighted by atomic mass is 9.80. The number of amides is 1. The molecule has 1 rings (SSSR count). The molecule has 0 radical (unpaired) electrons. The molecule has 0 unspecified atom stereocenters. The van der Waals surface area contributed by atoms with Gasteiger partial charge in [-0.1, -0.05) is 0 Å². The van der Waals surface area contributed by atoms with E-state index in [1.54, 1.807) is 0 Å². The number of carbonyl (C=O) groups is 1. The smallest absolute Gasteiger partial charge is 0.406 e. The summed E-state index contributed by atoms with van der Waals surface area (Å²) in [6.45, 7) is 0.305. The minimum atomic E-state index is -0.659. The zero-order valence-corrected chi connectivity index (χ0v) is 6.59. The Balaban J connectivity index is 2.16. The van der Waals surface area contributed by atoms with E-state index >= 15 is 0 Å². The van der Waals surface area contributed by atoms with Gasteiger partial charge in [0, 0.05) is 6.54 Å². The monoisotopic (exact) mass is 159 g/mol. The zero-order valence-electron chi connectivity index (χ0n) is 6.59. The lowest BCUT2D eigenvalue weighted by Gasteiger charge is -2.36. The van der Waals surface area contributed by atoms with Gasteiger partial charge in [0.2, 0.25) is 0 Å². The molecule has 0 atom stereocenters. The van der Waals surface area contributed by atoms with Gasteiger partial charge in [-0.05, 0) is 19.3 Å². The Kier molecular flexibility index (Phi) is 2.34. The van der Waals surface area contributed by atoms with Gasteiger partial charge in [0.1, 0.15) is 0 Å². The van der Waals surface area contributed by atoms with E-state index in [2.05, 4.69) is 10.1 Å². The third-order valence-electron chi connectivity index (χ3n) is 2.03. The van der Waals surface area contributed by atoms with Gasteiger partial charge in [0.05, 0.1) is 12.7 Å². The lowest BCUT2D eigenvalue weighted by Crippen LogP contribution is -2.47. The van der Waals surface area contributed by atoms with Crippen LogP contribution in [-0.4, -0.2) is 30.5 Å². The highest BCUT2D eigenvalue weighted by atomic mass is 16.5. The van der Waals surface area contributed by atoms with Crippen molar-refractivity contribution in [3.05, 3.63) is 0 Å². The standard InChI is InChI=1S/C7H13NO3/c1-11-6(9)8-5-7(10)3-2-4-7/h10H,2-5H2,1H3,(H,8,9). The minimum Gasteiger partial charge on any atom is -0.453 e. The first-order chi connectivity index (χ1) is 5.16. The summed E-state index contributed by atoms with van der Waals surface area (Å²) < 4.78 is 4.35. The second kappa shape index (κ2) is 3.09. The van der Waals surface area contributed by atoms with E-state index in [1.165, 1.54) is 7.11 Å². The highest BCUT2D eigenvalue weighted by molar-refractivity contribution is 5.66. The minimum absolute atomic E-state index is 0.305. The summed E-state index contributed by atoms with van der Waals surface area (Å²) in [5.41, 5.74) is -0.659. The van der Waals surface area contributed by atoms with Gasteiger partial charge in [0.25, 0.3) is 0 Å². The molecule has 64 valence electrons. The fourth-order valence-electron chi connectivity index (χ4n) is 1.07. The fraction of sp³-hybridized carbons (Fsp3) is 0.857. The van der Waals surface area contributed by atoms with E-state index in [9.17, 15) is 9.90 Å². The molecule has 0 heterocycles. The van der Waals surface area contributed by atoms with Crippen LogP contribution in [0.5, 0.6) is 0 Å². The third kappa shape index (κ3) is 2.08. The Morgan fingerprint density at radius 2 is 2.36 bits per heavy atom. The van der Waals surface area contributed by atoms with Gasteiger partial charge in [-0.2, -0.15) is 0 Å². The van der Waals surface area contributed by atoms with Crippen LogP contribution >= 0.6 is 0 Å². The molecule has 1 saturated carbocycles. The van der Waals surface area contributed by atoms with Crippen molar-refractivity contribution in [3.8, 4) is 0 Å². The molecular formula is C7H13NO3. The molecule has 0 aromatic heterocycles. The zero-order chi connectivity index (χ0) is 8.32. The van der Waals surface area contributed by atoms with Crippen molar-refractivity contribution < 1.29 is 14.6 Å². The summed E-state index contributed by atoms with van der Waals surface area (Å²) in [5.74, 6) is 0. The van der Waals surface area contributed by atoms with Crippen LogP contribution in [0.25, 0.3) is 0 Å². The molecule has 0 bridgehead atoms. The van der Waals surface area contributed by atoms with Crippen molar-refractivity contribution >= 4 is 6.09 Å². The van der Waals surface area contributed by atoms with E-state index in [1.807, 2.05) is 0 Å². The number of rotatable bonds is 2. The number of carbonyl (C=O) groups excluding carboxylic acids is 1. The second-order valence-electron chi connectivity index (χ2n) is 2.92. The van der Waals surface area contributed by atoms with Crippen LogP contribution in [0.15, 0.2) is 0 Å². The van der Waals surface area contributed by atoms with Gasteiger partial charge >= 0.3 is 6.09 Å². The van der Waals surface area contributed by atoms with Gasteiger partial charge in [-0.3, -0.25) is 0 Å². The maximum Gasteiger partial charge on any atom is 0.406 e. The molecule has 2 N–H and O–H groups in total. The molecule has 0 aromatic carbocycles. The van der Waals surface area contributed by atoms with Crippen LogP contribution in [0.2, 0.25) is 0 Å². The predicted octanol–water partition coefficient (Wildman–Crippen LogP) is 0.257. The molecule has 1 aliphatic rings. The van der Waals surface area contributed by atoms with Gasteiger partial charge < -0.3 is 15.2 Å². The van der Waals surface area contributed by atoms with E-state index in [0.29, 0.717) is 6.54 Å². The Morgan fingerprint density at radius 3 is 2.73 bits per heavy atom. The molecular weight excluding hydrogens is 146 g/mol. The average molecular weight is 159 g/mol. The summed E-state index contributed by atoms with van der Waals surface area (Å²) in [6, 6.07) is 0.